The van der Waals surface area contributed by atoms with Gasteiger partial charge < -0.3 is 15.4 Å². The van der Waals surface area contributed by atoms with Crippen molar-refractivity contribution < 1.29 is 9.53 Å². The molecule has 0 aliphatic heterocycles. The third-order valence-electron chi connectivity index (χ3n) is 2.77. The van der Waals surface area contributed by atoms with Crippen LogP contribution in [0, 0.1) is 13.8 Å². The molecule has 2 N–H and O–H groups in total. The lowest BCUT2D eigenvalue weighted by Gasteiger charge is -2.09. The number of nitrogens with one attached hydrogen (secondary N) is 2. The van der Waals surface area contributed by atoms with Gasteiger partial charge in [-0.3, -0.25) is 0 Å². The molecule has 0 saturated carbocycles. The van der Waals surface area contributed by atoms with Gasteiger partial charge in [0.2, 0.25) is 0 Å². The normalized spacial score (nSPS) is 9.90. The van der Waals surface area contributed by atoms with Crippen LogP contribution in [0.3, 0.4) is 0 Å². The number of aryl methyl sites for hydroxylation is 2. The van der Waals surface area contributed by atoms with Gasteiger partial charge in [-0.05, 0) is 43.7 Å². The zero-order chi connectivity index (χ0) is 14.4. The average molecular weight is 270 g/mol. The lowest BCUT2D eigenvalue weighted by molar-refractivity contribution is 0.234. The Balaban J connectivity index is 1.76. The summed E-state index contributed by atoms with van der Waals surface area (Å²) in [6.07, 6.45) is 0. The van der Waals surface area contributed by atoms with Gasteiger partial charge in [0, 0.05) is 5.69 Å². The van der Waals surface area contributed by atoms with Crippen LogP contribution in [0.4, 0.5) is 10.5 Å². The quantitative estimate of drug-likeness (QED) is 0.836. The standard InChI is InChI=1S/C16H18N2O2/c1-12-6-8-15(9-7-12)20-11-17-16(19)18-14-5-3-4-13(2)10-14/h3-10H,11H2,1-2H3,(H2,17,18,19). The number of hydrogen-bond acceptors (Lipinski definition) is 2. The second-order valence-corrected chi connectivity index (χ2v) is 4.60. The fraction of sp³-hybridized carbons (Fsp3) is 0.188. The molecule has 2 aromatic carbocycles. The number of hydrogen-bond donors (Lipinski definition) is 2. The monoisotopic (exact) mass is 270 g/mol. The van der Waals surface area contributed by atoms with Crippen LogP contribution in [0.25, 0.3) is 0 Å². The van der Waals surface area contributed by atoms with Gasteiger partial charge in [0.25, 0.3) is 0 Å². The summed E-state index contributed by atoms with van der Waals surface area (Å²) in [7, 11) is 0. The van der Waals surface area contributed by atoms with Crippen molar-refractivity contribution in [1.29, 1.82) is 0 Å². The van der Waals surface area contributed by atoms with E-state index in [0.29, 0.717) is 0 Å². The SMILES string of the molecule is Cc1ccc(OCNC(=O)Nc2cccc(C)c2)cc1. The van der Waals surface area contributed by atoms with E-state index in [2.05, 4.69) is 10.6 Å². The summed E-state index contributed by atoms with van der Waals surface area (Å²) in [6, 6.07) is 15.0. The molecule has 0 aliphatic carbocycles. The Morgan fingerprint density at radius 3 is 2.50 bits per heavy atom. The molecule has 4 heteroatoms. The molecule has 0 fully saturated rings. The van der Waals surface area contributed by atoms with Crippen molar-refractivity contribution >= 4 is 11.7 Å². The molecule has 2 amide bonds. The van der Waals surface area contributed by atoms with Crippen LogP contribution in [0.1, 0.15) is 11.1 Å². The highest BCUT2D eigenvalue weighted by Gasteiger charge is 2.01. The molecule has 0 radical (unpaired) electrons. The number of benzene rings is 2. The summed E-state index contributed by atoms with van der Waals surface area (Å²) in [6.45, 7) is 4.11. The molecule has 0 unspecified atom stereocenters. The van der Waals surface area contributed by atoms with E-state index in [1.807, 2.05) is 62.4 Å². The van der Waals surface area contributed by atoms with Crippen LogP contribution in [0.2, 0.25) is 0 Å². The van der Waals surface area contributed by atoms with E-state index in [1.54, 1.807) is 0 Å². The van der Waals surface area contributed by atoms with Crippen molar-refractivity contribution in [2.45, 2.75) is 13.8 Å². The highest BCUT2D eigenvalue weighted by atomic mass is 16.5. The largest absolute Gasteiger partial charge is 0.473 e. The van der Waals surface area contributed by atoms with Crippen LogP contribution in [0.5, 0.6) is 5.75 Å². The van der Waals surface area contributed by atoms with E-state index < -0.39 is 0 Å². The fourth-order valence-electron chi connectivity index (χ4n) is 1.72. The summed E-state index contributed by atoms with van der Waals surface area (Å²) in [5.41, 5.74) is 3.03. The number of anilines is 1. The molecule has 0 heterocycles. The minimum Gasteiger partial charge on any atom is -0.473 e. The summed E-state index contributed by atoms with van der Waals surface area (Å²) in [5, 5.41) is 5.39. The van der Waals surface area contributed by atoms with Crippen LogP contribution in [0.15, 0.2) is 48.5 Å². The van der Waals surface area contributed by atoms with Crippen molar-refractivity contribution in [3.8, 4) is 5.75 Å². The van der Waals surface area contributed by atoms with Gasteiger partial charge in [-0.2, -0.15) is 0 Å². The maximum atomic E-state index is 11.7. The Kier molecular flexibility index (Phi) is 4.60. The van der Waals surface area contributed by atoms with E-state index in [9.17, 15) is 4.79 Å². The number of carbonyl (C=O) groups excluding carboxylic acids is 1. The summed E-state index contributed by atoms with van der Waals surface area (Å²) < 4.78 is 5.42. The second-order valence-electron chi connectivity index (χ2n) is 4.60. The Morgan fingerprint density at radius 2 is 1.80 bits per heavy atom. The van der Waals surface area contributed by atoms with Crippen molar-refractivity contribution in [1.82, 2.24) is 5.32 Å². The van der Waals surface area contributed by atoms with Gasteiger partial charge in [0.1, 0.15) is 5.75 Å². The molecular weight excluding hydrogens is 252 g/mol. The maximum absolute atomic E-state index is 11.7. The minimum absolute atomic E-state index is 0.126. The Morgan fingerprint density at radius 1 is 1.05 bits per heavy atom. The van der Waals surface area contributed by atoms with E-state index in [4.69, 9.17) is 4.74 Å². The summed E-state index contributed by atoms with van der Waals surface area (Å²) in [5.74, 6) is 0.728. The summed E-state index contributed by atoms with van der Waals surface area (Å²) >= 11 is 0. The van der Waals surface area contributed by atoms with Crippen molar-refractivity contribution in [3.05, 3.63) is 59.7 Å². The van der Waals surface area contributed by atoms with E-state index in [-0.39, 0.29) is 12.8 Å². The first kappa shape index (κ1) is 13.9. The van der Waals surface area contributed by atoms with Crippen LogP contribution >= 0.6 is 0 Å². The number of ether oxygens (including phenoxy) is 1. The molecule has 0 saturated heterocycles. The zero-order valence-electron chi connectivity index (χ0n) is 11.6. The highest BCUT2D eigenvalue weighted by molar-refractivity contribution is 5.89. The molecule has 2 aromatic rings. The molecule has 4 nitrogen and oxygen atoms in total. The Bertz CT molecular complexity index is 579. The Hall–Kier alpha value is -2.49. The number of amides is 2. The third-order valence-corrected chi connectivity index (χ3v) is 2.77. The fourth-order valence-corrected chi connectivity index (χ4v) is 1.72. The average Bonchev–Trinajstić information content (AvgIpc) is 2.41. The smallest absolute Gasteiger partial charge is 0.321 e. The number of urea groups is 1. The molecule has 0 spiro atoms. The van der Waals surface area contributed by atoms with Gasteiger partial charge in [-0.25, -0.2) is 4.79 Å². The first-order valence-corrected chi connectivity index (χ1v) is 6.44. The van der Waals surface area contributed by atoms with Gasteiger partial charge in [-0.15, -0.1) is 0 Å². The Labute approximate surface area is 118 Å². The highest BCUT2D eigenvalue weighted by Crippen LogP contribution is 2.11. The van der Waals surface area contributed by atoms with E-state index in [1.165, 1.54) is 5.56 Å². The van der Waals surface area contributed by atoms with Gasteiger partial charge in [0.15, 0.2) is 6.73 Å². The first-order chi connectivity index (χ1) is 9.63. The maximum Gasteiger partial charge on any atom is 0.321 e. The van der Waals surface area contributed by atoms with Crippen LogP contribution < -0.4 is 15.4 Å². The van der Waals surface area contributed by atoms with Crippen molar-refractivity contribution in [2.75, 3.05) is 12.0 Å². The minimum atomic E-state index is -0.289. The topological polar surface area (TPSA) is 50.4 Å². The molecule has 0 bridgehead atoms. The third kappa shape index (κ3) is 4.31. The number of carbonyl (C=O) groups is 1. The molecule has 0 aliphatic rings. The lowest BCUT2D eigenvalue weighted by atomic mass is 10.2. The first-order valence-electron chi connectivity index (χ1n) is 6.44. The molecule has 20 heavy (non-hydrogen) atoms. The van der Waals surface area contributed by atoms with Gasteiger partial charge in [-0.1, -0.05) is 29.8 Å². The van der Waals surface area contributed by atoms with E-state index in [0.717, 1.165) is 17.0 Å². The van der Waals surface area contributed by atoms with Crippen LogP contribution in [-0.4, -0.2) is 12.8 Å². The molecule has 2 rings (SSSR count). The van der Waals surface area contributed by atoms with Gasteiger partial charge >= 0.3 is 6.03 Å². The zero-order valence-corrected chi connectivity index (χ0v) is 11.6. The van der Waals surface area contributed by atoms with Crippen LogP contribution in [-0.2, 0) is 0 Å². The van der Waals surface area contributed by atoms with E-state index >= 15 is 0 Å². The second kappa shape index (κ2) is 6.61. The molecular formula is C16H18N2O2. The predicted molar refractivity (Wildman–Crippen MR) is 80.0 cm³/mol. The summed E-state index contributed by atoms with van der Waals surface area (Å²) in [4.78, 5) is 11.7. The van der Waals surface area contributed by atoms with Crippen molar-refractivity contribution in [2.24, 2.45) is 0 Å². The number of rotatable bonds is 4. The molecule has 104 valence electrons. The lowest BCUT2D eigenvalue weighted by Crippen LogP contribution is -2.32. The predicted octanol–water partition coefficient (Wildman–Crippen LogP) is 3.46. The van der Waals surface area contributed by atoms with Crippen molar-refractivity contribution in [3.63, 3.8) is 0 Å². The molecule has 0 atom stereocenters. The van der Waals surface area contributed by atoms with Gasteiger partial charge in [0.05, 0.1) is 0 Å². The molecule has 0 aromatic heterocycles.